The monoisotopic (exact) mass is 316 g/mol. The average Bonchev–Trinajstić information content (AvgIpc) is 2.97. The van der Waals surface area contributed by atoms with Crippen molar-refractivity contribution in [2.24, 2.45) is 5.73 Å². The summed E-state index contributed by atoms with van der Waals surface area (Å²) in [6.07, 6.45) is 13.8. The van der Waals surface area contributed by atoms with E-state index < -0.39 is 0 Å². The van der Waals surface area contributed by atoms with Crippen LogP contribution in [0.1, 0.15) is 76.2 Å². The molecule has 0 aliphatic rings. The molecule has 2 aromatic rings. The summed E-state index contributed by atoms with van der Waals surface area (Å²) in [5, 5.41) is 0. The minimum absolute atomic E-state index is 0.683. The highest BCUT2D eigenvalue weighted by molar-refractivity contribution is 5.73. The molecule has 0 spiro atoms. The van der Waals surface area contributed by atoms with Crippen molar-refractivity contribution < 1.29 is 4.42 Å². The van der Waals surface area contributed by atoms with E-state index in [1.165, 1.54) is 56.9 Å². The summed E-state index contributed by atoms with van der Waals surface area (Å²) in [7, 11) is 0. The van der Waals surface area contributed by atoms with Crippen molar-refractivity contribution in [2.75, 3.05) is 6.54 Å². The Labute approximate surface area is 140 Å². The number of hydrogen-bond acceptors (Lipinski definition) is 3. The molecule has 1 heterocycles. The van der Waals surface area contributed by atoms with Gasteiger partial charge in [0.1, 0.15) is 5.52 Å². The van der Waals surface area contributed by atoms with E-state index in [9.17, 15) is 0 Å². The Bertz CT molecular complexity index is 562. The van der Waals surface area contributed by atoms with E-state index >= 15 is 0 Å². The average molecular weight is 316 g/mol. The van der Waals surface area contributed by atoms with Crippen LogP contribution < -0.4 is 5.73 Å². The summed E-state index contributed by atoms with van der Waals surface area (Å²) >= 11 is 0. The molecule has 0 aliphatic heterocycles. The van der Waals surface area contributed by atoms with Gasteiger partial charge in [-0.2, -0.15) is 0 Å². The molecule has 2 N–H and O–H groups in total. The Morgan fingerprint density at radius 2 is 1.65 bits per heavy atom. The van der Waals surface area contributed by atoms with Crippen molar-refractivity contribution in [2.45, 2.75) is 77.6 Å². The first-order chi connectivity index (χ1) is 11.3. The lowest BCUT2D eigenvalue weighted by atomic mass is 10.0. The van der Waals surface area contributed by atoms with Crippen LogP contribution in [0, 0.1) is 0 Å². The molecule has 128 valence electrons. The Morgan fingerprint density at radius 1 is 0.913 bits per heavy atom. The molecule has 0 unspecified atom stereocenters. The van der Waals surface area contributed by atoms with Crippen molar-refractivity contribution in [3.05, 3.63) is 29.7 Å². The predicted molar refractivity (Wildman–Crippen MR) is 97.7 cm³/mol. The summed E-state index contributed by atoms with van der Waals surface area (Å²) in [5.74, 6) is 0.815. The Balaban J connectivity index is 1.71. The van der Waals surface area contributed by atoms with Crippen molar-refractivity contribution in [1.82, 2.24) is 4.98 Å². The predicted octanol–water partition coefficient (Wildman–Crippen LogP) is 5.40. The number of nitrogens with two attached hydrogens (primary N) is 1. The maximum Gasteiger partial charge on any atom is 0.195 e. The normalized spacial score (nSPS) is 11.4. The fourth-order valence-electron chi connectivity index (χ4n) is 3.00. The van der Waals surface area contributed by atoms with Crippen molar-refractivity contribution in [1.29, 1.82) is 0 Å². The Kier molecular flexibility index (Phi) is 8.16. The number of nitrogens with zero attached hydrogens (tertiary/aromatic N) is 1. The molecule has 3 heteroatoms. The third-order valence-corrected chi connectivity index (χ3v) is 4.41. The first-order valence-electron chi connectivity index (χ1n) is 9.42. The fraction of sp³-hybridized carbons (Fsp3) is 0.650. The SMILES string of the molecule is CCCCCCCCCCc1ccc2oc(CCCN)nc2c1. The molecule has 0 saturated heterocycles. The number of aromatic nitrogens is 1. The number of rotatable bonds is 12. The molecule has 0 radical (unpaired) electrons. The van der Waals surface area contributed by atoms with Crippen molar-refractivity contribution >= 4 is 11.1 Å². The van der Waals surface area contributed by atoms with E-state index in [1.807, 2.05) is 0 Å². The van der Waals surface area contributed by atoms with Gasteiger partial charge in [-0.15, -0.1) is 0 Å². The van der Waals surface area contributed by atoms with E-state index in [-0.39, 0.29) is 0 Å². The molecule has 1 aromatic carbocycles. The highest BCUT2D eigenvalue weighted by Gasteiger charge is 2.06. The van der Waals surface area contributed by atoms with Gasteiger partial charge < -0.3 is 10.2 Å². The Hall–Kier alpha value is -1.35. The van der Waals surface area contributed by atoms with E-state index in [4.69, 9.17) is 10.2 Å². The summed E-state index contributed by atoms with van der Waals surface area (Å²) < 4.78 is 5.75. The van der Waals surface area contributed by atoms with Crippen LogP contribution in [-0.2, 0) is 12.8 Å². The van der Waals surface area contributed by atoms with E-state index in [2.05, 4.69) is 30.1 Å². The Morgan fingerprint density at radius 3 is 2.39 bits per heavy atom. The highest BCUT2D eigenvalue weighted by Crippen LogP contribution is 2.19. The first kappa shape index (κ1) is 18.0. The smallest absolute Gasteiger partial charge is 0.195 e. The zero-order chi connectivity index (χ0) is 16.3. The number of fused-ring (bicyclic) bond motifs is 1. The van der Waals surface area contributed by atoms with Gasteiger partial charge in [0.25, 0.3) is 0 Å². The van der Waals surface area contributed by atoms with Crippen LogP contribution in [0.25, 0.3) is 11.1 Å². The van der Waals surface area contributed by atoms with Gasteiger partial charge in [0.05, 0.1) is 0 Å². The summed E-state index contributed by atoms with van der Waals surface area (Å²) in [5.41, 5.74) is 8.81. The quantitative estimate of drug-likeness (QED) is 0.533. The summed E-state index contributed by atoms with van der Waals surface area (Å²) in [6, 6.07) is 6.43. The third kappa shape index (κ3) is 6.34. The van der Waals surface area contributed by atoms with Crippen LogP contribution in [0.15, 0.2) is 22.6 Å². The minimum atomic E-state index is 0.683. The van der Waals surface area contributed by atoms with Gasteiger partial charge in [0.15, 0.2) is 11.5 Å². The molecule has 0 bridgehead atoms. The molecule has 0 fully saturated rings. The van der Waals surface area contributed by atoms with Gasteiger partial charge in [-0.25, -0.2) is 4.98 Å². The second-order valence-electron chi connectivity index (χ2n) is 6.53. The van der Waals surface area contributed by atoms with Gasteiger partial charge >= 0.3 is 0 Å². The molecule has 2 rings (SSSR count). The second kappa shape index (κ2) is 10.4. The zero-order valence-corrected chi connectivity index (χ0v) is 14.7. The zero-order valence-electron chi connectivity index (χ0n) is 14.7. The van der Waals surface area contributed by atoms with E-state index in [0.717, 1.165) is 36.3 Å². The molecular weight excluding hydrogens is 284 g/mol. The van der Waals surface area contributed by atoms with Gasteiger partial charge in [-0.05, 0) is 43.5 Å². The van der Waals surface area contributed by atoms with Gasteiger partial charge in [-0.1, -0.05) is 57.9 Å². The molecule has 3 nitrogen and oxygen atoms in total. The molecule has 0 aliphatic carbocycles. The van der Waals surface area contributed by atoms with Crippen LogP contribution in [0.3, 0.4) is 0 Å². The maximum absolute atomic E-state index is 5.75. The lowest BCUT2D eigenvalue weighted by molar-refractivity contribution is 0.521. The fourth-order valence-corrected chi connectivity index (χ4v) is 3.00. The first-order valence-corrected chi connectivity index (χ1v) is 9.42. The molecule has 0 atom stereocenters. The lowest BCUT2D eigenvalue weighted by Gasteiger charge is -2.02. The molecule has 0 saturated carbocycles. The molecule has 0 amide bonds. The molecule has 1 aromatic heterocycles. The topological polar surface area (TPSA) is 52.0 Å². The highest BCUT2D eigenvalue weighted by atomic mass is 16.3. The van der Waals surface area contributed by atoms with Crippen LogP contribution in [0.4, 0.5) is 0 Å². The van der Waals surface area contributed by atoms with Gasteiger partial charge in [0.2, 0.25) is 0 Å². The number of unbranched alkanes of at least 4 members (excludes halogenated alkanes) is 7. The standard InChI is InChI=1S/C20H32N2O/c1-2-3-4-5-6-7-8-9-11-17-13-14-19-18(16-17)22-20(23-19)12-10-15-21/h13-14,16H,2-12,15,21H2,1H3. The second-order valence-corrected chi connectivity index (χ2v) is 6.53. The van der Waals surface area contributed by atoms with Crippen molar-refractivity contribution in [3.8, 4) is 0 Å². The number of hydrogen-bond donors (Lipinski definition) is 1. The minimum Gasteiger partial charge on any atom is -0.441 e. The summed E-state index contributed by atoms with van der Waals surface area (Å²) in [6.45, 7) is 2.95. The third-order valence-electron chi connectivity index (χ3n) is 4.41. The van der Waals surface area contributed by atoms with Crippen LogP contribution >= 0.6 is 0 Å². The van der Waals surface area contributed by atoms with Gasteiger partial charge in [-0.3, -0.25) is 0 Å². The van der Waals surface area contributed by atoms with E-state index in [1.54, 1.807) is 0 Å². The summed E-state index contributed by atoms with van der Waals surface area (Å²) in [4.78, 5) is 4.57. The molecule has 23 heavy (non-hydrogen) atoms. The number of benzene rings is 1. The van der Waals surface area contributed by atoms with Crippen LogP contribution in [0.5, 0.6) is 0 Å². The lowest BCUT2D eigenvalue weighted by Crippen LogP contribution is -2.00. The number of aryl methyl sites for hydroxylation is 2. The largest absolute Gasteiger partial charge is 0.441 e. The van der Waals surface area contributed by atoms with E-state index in [0.29, 0.717) is 6.54 Å². The van der Waals surface area contributed by atoms with Crippen LogP contribution in [-0.4, -0.2) is 11.5 Å². The van der Waals surface area contributed by atoms with Crippen LogP contribution in [0.2, 0.25) is 0 Å². The van der Waals surface area contributed by atoms with Crippen molar-refractivity contribution in [3.63, 3.8) is 0 Å². The number of oxazole rings is 1. The molecular formula is C20H32N2O. The maximum atomic E-state index is 5.75. The van der Waals surface area contributed by atoms with Gasteiger partial charge in [0, 0.05) is 6.42 Å².